The number of rotatable bonds is 4. The second-order valence-electron chi connectivity index (χ2n) is 5.15. The molecular formula is C14H16N6O3. The van der Waals surface area contributed by atoms with Gasteiger partial charge in [0.2, 0.25) is 12.4 Å². The van der Waals surface area contributed by atoms with Gasteiger partial charge in [-0.15, -0.1) is 0 Å². The Morgan fingerprint density at radius 2 is 2.13 bits per heavy atom. The largest absolute Gasteiger partial charge is 0.360 e. The number of carbonyl (C=O) groups is 2. The Morgan fingerprint density at radius 1 is 1.35 bits per heavy atom. The van der Waals surface area contributed by atoms with Crippen molar-refractivity contribution in [3.05, 3.63) is 29.8 Å². The Labute approximate surface area is 132 Å². The van der Waals surface area contributed by atoms with Gasteiger partial charge < -0.3 is 19.6 Å². The van der Waals surface area contributed by atoms with Crippen LogP contribution in [-0.4, -0.2) is 58.5 Å². The molecule has 9 heteroatoms. The summed E-state index contributed by atoms with van der Waals surface area (Å²) < 4.78 is 4.90. The fourth-order valence-corrected chi connectivity index (χ4v) is 2.26. The number of carbonyl (C=O) groups excluding carboxylic acids is 2. The summed E-state index contributed by atoms with van der Waals surface area (Å²) in [5.74, 6) is 1.04. The van der Waals surface area contributed by atoms with Crippen LogP contribution in [0.15, 0.2) is 22.9 Å². The SMILES string of the molecule is Cc1cc(NC(=O)c2ccnc(N3CCN(C=O)CC3)n2)no1. The zero-order chi connectivity index (χ0) is 16.2. The van der Waals surface area contributed by atoms with Crippen molar-refractivity contribution in [2.45, 2.75) is 6.92 Å². The minimum atomic E-state index is -0.381. The van der Waals surface area contributed by atoms with Gasteiger partial charge in [0.15, 0.2) is 5.82 Å². The molecule has 0 unspecified atom stereocenters. The summed E-state index contributed by atoms with van der Waals surface area (Å²) in [7, 11) is 0. The molecule has 1 saturated heterocycles. The van der Waals surface area contributed by atoms with E-state index < -0.39 is 0 Å². The first-order chi connectivity index (χ1) is 11.2. The molecule has 1 N–H and O–H groups in total. The van der Waals surface area contributed by atoms with E-state index in [2.05, 4.69) is 20.4 Å². The summed E-state index contributed by atoms with van der Waals surface area (Å²) >= 11 is 0. The lowest BCUT2D eigenvalue weighted by atomic mass is 10.3. The first-order valence-electron chi connectivity index (χ1n) is 7.18. The molecule has 0 bridgehead atoms. The lowest BCUT2D eigenvalue weighted by Gasteiger charge is -2.32. The zero-order valence-electron chi connectivity index (χ0n) is 12.6. The third-order valence-corrected chi connectivity index (χ3v) is 3.49. The summed E-state index contributed by atoms with van der Waals surface area (Å²) in [6.07, 6.45) is 2.37. The molecule has 9 nitrogen and oxygen atoms in total. The van der Waals surface area contributed by atoms with Gasteiger partial charge in [-0.2, -0.15) is 0 Å². The molecule has 2 amide bonds. The van der Waals surface area contributed by atoms with Gasteiger partial charge in [0.05, 0.1) is 0 Å². The lowest BCUT2D eigenvalue weighted by Crippen LogP contribution is -2.46. The van der Waals surface area contributed by atoms with Gasteiger partial charge in [-0.3, -0.25) is 9.59 Å². The molecule has 2 aromatic rings. The van der Waals surface area contributed by atoms with Crippen molar-refractivity contribution in [1.29, 1.82) is 0 Å². The smallest absolute Gasteiger partial charge is 0.275 e. The Hall–Kier alpha value is -2.97. The summed E-state index contributed by atoms with van der Waals surface area (Å²) in [6.45, 7) is 4.23. The van der Waals surface area contributed by atoms with Crippen LogP contribution in [0, 0.1) is 6.92 Å². The highest BCUT2D eigenvalue weighted by atomic mass is 16.5. The van der Waals surface area contributed by atoms with E-state index in [1.54, 1.807) is 17.9 Å². The van der Waals surface area contributed by atoms with Crippen LogP contribution in [0.25, 0.3) is 0 Å². The van der Waals surface area contributed by atoms with E-state index in [1.165, 1.54) is 12.3 Å². The predicted molar refractivity (Wildman–Crippen MR) is 81.1 cm³/mol. The van der Waals surface area contributed by atoms with Crippen LogP contribution in [0.2, 0.25) is 0 Å². The first-order valence-corrected chi connectivity index (χ1v) is 7.18. The van der Waals surface area contributed by atoms with Crippen LogP contribution in [0.4, 0.5) is 11.8 Å². The number of anilines is 2. The van der Waals surface area contributed by atoms with Gasteiger partial charge in [0.1, 0.15) is 11.5 Å². The molecule has 1 fully saturated rings. The van der Waals surface area contributed by atoms with E-state index in [-0.39, 0.29) is 11.6 Å². The third kappa shape index (κ3) is 3.44. The molecule has 0 radical (unpaired) electrons. The van der Waals surface area contributed by atoms with Gasteiger partial charge in [0.25, 0.3) is 5.91 Å². The average Bonchev–Trinajstić information content (AvgIpc) is 3.00. The summed E-state index contributed by atoms with van der Waals surface area (Å²) in [4.78, 5) is 35.1. The molecule has 0 aromatic carbocycles. The standard InChI is InChI=1S/C14H16N6O3/c1-10-8-12(18-23-10)17-13(22)11-2-3-15-14(16-11)20-6-4-19(9-21)5-7-20/h2-3,8-9H,4-7H2,1H3,(H,17,18,22). The number of piperazine rings is 1. The number of aryl methyl sites for hydroxylation is 1. The van der Waals surface area contributed by atoms with Crippen molar-refractivity contribution in [3.8, 4) is 0 Å². The maximum Gasteiger partial charge on any atom is 0.275 e. The predicted octanol–water partition coefficient (Wildman–Crippen LogP) is 0.304. The maximum atomic E-state index is 12.2. The average molecular weight is 316 g/mol. The second kappa shape index (κ2) is 6.42. The van der Waals surface area contributed by atoms with Crippen molar-refractivity contribution in [3.63, 3.8) is 0 Å². The Kier molecular flexibility index (Phi) is 4.18. The molecule has 120 valence electrons. The van der Waals surface area contributed by atoms with Crippen LogP contribution in [-0.2, 0) is 4.79 Å². The van der Waals surface area contributed by atoms with Crippen molar-refractivity contribution < 1.29 is 14.1 Å². The number of hydrogen-bond donors (Lipinski definition) is 1. The van der Waals surface area contributed by atoms with Crippen LogP contribution in [0.1, 0.15) is 16.2 Å². The Balaban J connectivity index is 1.69. The second-order valence-corrected chi connectivity index (χ2v) is 5.15. The molecule has 3 rings (SSSR count). The van der Waals surface area contributed by atoms with E-state index in [4.69, 9.17) is 4.52 Å². The van der Waals surface area contributed by atoms with Crippen molar-refractivity contribution in [2.75, 3.05) is 36.4 Å². The molecule has 1 aliphatic rings. The van der Waals surface area contributed by atoms with Crippen molar-refractivity contribution in [1.82, 2.24) is 20.0 Å². The van der Waals surface area contributed by atoms with Gasteiger partial charge in [-0.1, -0.05) is 5.16 Å². The normalized spacial score (nSPS) is 14.7. The quantitative estimate of drug-likeness (QED) is 0.809. The minimum Gasteiger partial charge on any atom is -0.360 e. The highest BCUT2D eigenvalue weighted by Crippen LogP contribution is 2.12. The molecular weight excluding hydrogens is 300 g/mol. The van der Waals surface area contributed by atoms with Gasteiger partial charge in [-0.25, -0.2) is 9.97 Å². The number of nitrogens with one attached hydrogen (secondary N) is 1. The topological polar surface area (TPSA) is 104 Å². The van der Waals surface area contributed by atoms with Gasteiger partial charge in [-0.05, 0) is 13.0 Å². The highest BCUT2D eigenvalue weighted by molar-refractivity contribution is 6.02. The molecule has 2 aromatic heterocycles. The number of amides is 2. The van der Waals surface area contributed by atoms with Crippen molar-refractivity contribution in [2.24, 2.45) is 0 Å². The minimum absolute atomic E-state index is 0.244. The van der Waals surface area contributed by atoms with Crippen LogP contribution in [0.5, 0.6) is 0 Å². The summed E-state index contributed by atoms with van der Waals surface area (Å²) in [5.41, 5.74) is 0.244. The number of hydrogen-bond acceptors (Lipinski definition) is 7. The fourth-order valence-electron chi connectivity index (χ4n) is 2.26. The van der Waals surface area contributed by atoms with Crippen molar-refractivity contribution >= 4 is 24.1 Å². The van der Waals surface area contributed by atoms with E-state index in [9.17, 15) is 9.59 Å². The van der Waals surface area contributed by atoms with Crippen LogP contribution in [0.3, 0.4) is 0 Å². The van der Waals surface area contributed by atoms with E-state index in [0.717, 1.165) is 6.41 Å². The molecule has 0 spiro atoms. The van der Waals surface area contributed by atoms with Crippen LogP contribution < -0.4 is 10.2 Å². The monoisotopic (exact) mass is 316 g/mol. The van der Waals surface area contributed by atoms with E-state index in [1.807, 2.05) is 4.90 Å². The fraction of sp³-hybridized carbons (Fsp3) is 0.357. The van der Waals surface area contributed by atoms with Gasteiger partial charge in [0, 0.05) is 38.4 Å². The number of nitrogens with zero attached hydrogens (tertiary/aromatic N) is 5. The van der Waals surface area contributed by atoms with E-state index in [0.29, 0.717) is 43.7 Å². The molecule has 1 aliphatic heterocycles. The maximum absolute atomic E-state index is 12.2. The summed E-state index contributed by atoms with van der Waals surface area (Å²) in [6, 6.07) is 3.16. The van der Waals surface area contributed by atoms with Gasteiger partial charge >= 0.3 is 0 Å². The summed E-state index contributed by atoms with van der Waals surface area (Å²) in [5, 5.41) is 6.33. The Bertz CT molecular complexity index is 708. The first kappa shape index (κ1) is 14.9. The molecule has 0 saturated carbocycles. The van der Waals surface area contributed by atoms with Crippen LogP contribution >= 0.6 is 0 Å². The molecule has 23 heavy (non-hydrogen) atoms. The lowest BCUT2D eigenvalue weighted by molar-refractivity contribution is -0.118. The molecule has 3 heterocycles. The Morgan fingerprint density at radius 3 is 2.78 bits per heavy atom. The molecule has 0 atom stereocenters. The zero-order valence-corrected chi connectivity index (χ0v) is 12.6. The number of aromatic nitrogens is 3. The van der Waals surface area contributed by atoms with E-state index >= 15 is 0 Å². The highest BCUT2D eigenvalue weighted by Gasteiger charge is 2.19. The third-order valence-electron chi connectivity index (χ3n) is 3.49. The molecule has 0 aliphatic carbocycles.